The van der Waals surface area contributed by atoms with Crippen LogP contribution in [0.15, 0.2) is 46.4 Å². The molecular weight excluding hydrogens is 366 g/mol. The van der Waals surface area contributed by atoms with Gasteiger partial charge < -0.3 is 19.2 Å². The monoisotopic (exact) mass is 380 g/mol. The minimum Gasteiger partial charge on any atom is -0.493 e. The Morgan fingerprint density at radius 1 is 1.35 bits per heavy atom. The minimum absolute atomic E-state index is 0.0411. The SMILES string of the molecule is COc1cc(C(=O)NCc2coc(-c3cccs3)n2)ccc1OC(F)F. The standard InChI is InChI=1S/C17H14F2N2O4S/c1-23-13-7-10(4-5-12(13)25-17(18)19)15(22)20-8-11-9-24-16(21-11)14-3-2-6-26-14/h2-7,9,17H,8H2,1H3,(H,20,22). The number of aromatic nitrogens is 1. The second kappa shape index (κ2) is 7.96. The van der Waals surface area contributed by atoms with Crippen LogP contribution in [0, 0.1) is 0 Å². The van der Waals surface area contributed by atoms with Gasteiger partial charge in [0.15, 0.2) is 11.5 Å². The smallest absolute Gasteiger partial charge is 0.387 e. The maximum atomic E-state index is 12.3. The lowest BCUT2D eigenvalue weighted by molar-refractivity contribution is -0.0512. The second-order valence-corrected chi connectivity index (χ2v) is 6.00. The van der Waals surface area contributed by atoms with Crippen molar-refractivity contribution in [3.05, 3.63) is 53.2 Å². The summed E-state index contributed by atoms with van der Waals surface area (Å²) in [7, 11) is 1.30. The van der Waals surface area contributed by atoms with Crippen LogP contribution in [0.4, 0.5) is 8.78 Å². The number of carbonyl (C=O) groups excluding carboxylic acids is 1. The van der Waals surface area contributed by atoms with Crippen molar-refractivity contribution in [2.45, 2.75) is 13.2 Å². The first-order valence-electron chi connectivity index (χ1n) is 7.46. The molecule has 2 heterocycles. The molecule has 0 radical (unpaired) electrons. The third kappa shape index (κ3) is 4.17. The van der Waals surface area contributed by atoms with Crippen LogP contribution in [0.1, 0.15) is 16.1 Å². The third-order valence-electron chi connectivity index (χ3n) is 3.36. The number of nitrogens with one attached hydrogen (secondary N) is 1. The van der Waals surface area contributed by atoms with E-state index in [1.807, 2.05) is 17.5 Å². The van der Waals surface area contributed by atoms with Crippen molar-refractivity contribution in [1.29, 1.82) is 0 Å². The molecule has 0 bridgehead atoms. The molecule has 0 aliphatic carbocycles. The van der Waals surface area contributed by atoms with Gasteiger partial charge in [-0.1, -0.05) is 6.07 Å². The van der Waals surface area contributed by atoms with Crippen molar-refractivity contribution < 1.29 is 27.5 Å². The van der Waals surface area contributed by atoms with Crippen LogP contribution >= 0.6 is 11.3 Å². The molecule has 136 valence electrons. The van der Waals surface area contributed by atoms with Crippen LogP contribution in [0.3, 0.4) is 0 Å². The Kier molecular flexibility index (Phi) is 5.47. The number of alkyl halides is 2. The van der Waals surface area contributed by atoms with Gasteiger partial charge in [-0.05, 0) is 29.6 Å². The molecular formula is C17H14F2N2O4S. The van der Waals surface area contributed by atoms with Crippen LogP contribution in [0.2, 0.25) is 0 Å². The van der Waals surface area contributed by atoms with E-state index in [9.17, 15) is 13.6 Å². The van der Waals surface area contributed by atoms with Crippen molar-refractivity contribution in [1.82, 2.24) is 10.3 Å². The lowest BCUT2D eigenvalue weighted by Gasteiger charge is -2.11. The van der Waals surface area contributed by atoms with Gasteiger partial charge >= 0.3 is 6.61 Å². The Morgan fingerprint density at radius 2 is 2.19 bits per heavy atom. The Balaban J connectivity index is 1.65. The molecule has 0 fully saturated rings. The van der Waals surface area contributed by atoms with Gasteiger partial charge in [0.05, 0.1) is 24.2 Å². The molecule has 1 amide bonds. The highest BCUT2D eigenvalue weighted by molar-refractivity contribution is 7.13. The molecule has 0 saturated heterocycles. The Labute approximate surface area is 151 Å². The Bertz CT molecular complexity index is 881. The van der Waals surface area contributed by atoms with Crippen molar-refractivity contribution in [2.75, 3.05) is 7.11 Å². The van der Waals surface area contributed by atoms with Gasteiger partial charge in [-0.25, -0.2) is 4.98 Å². The van der Waals surface area contributed by atoms with Gasteiger partial charge in [-0.15, -0.1) is 11.3 Å². The van der Waals surface area contributed by atoms with E-state index in [-0.39, 0.29) is 23.6 Å². The van der Waals surface area contributed by atoms with Crippen molar-refractivity contribution in [3.63, 3.8) is 0 Å². The number of ether oxygens (including phenoxy) is 2. The topological polar surface area (TPSA) is 73.6 Å². The van der Waals surface area contributed by atoms with Crippen molar-refractivity contribution in [2.24, 2.45) is 0 Å². The molecule has 0 unspecified atom stereocenters. The van der Waals surface area contributed by atoms with E-state index in [0.717, 1.165) is 4.88 Å². The van der Waals surface area contributed by atoms with Crippen molar-refractivity contribution in [3.8, 4) is 22.3 Å². The first-order chi connectivity index (χ1) is 12.6. The molecule has 0 aliphatic heterocycles. The maximum absolute atomic E-state index is 12.3. The highest BCUT2D eigenvalue weighted by Gasteiger charge is 2.15. The maximum Gasteiger partial charge on any atom is 0.387 e. The quantitative estimate of drug-likeness (QED) is 0.672. The van der Waals surface area contributed by atoms with Crippen LogP contribution in [-0.2, 0) is 6.54 Å². The summed E-state index contributed by atoms with van der Waals surface area (Å²) in [5.41, 5.74) is 0.803. The van der Waals surface area contributed by atoms with Gasteiger partial charge in [0.25, 0.3) is 5.91 Å². The summed E-state index contributed by atoms with van der Waals surface area (Å²) in [6, 6.07) is 7.72. The molecule has 1 aromatic carbocycles. The zero-order valence-electron chi connectivity index (χ0n) is 13.6. The van der Waals surface area contributed by atoms with Gasteiger partial charge in [-0.3, -0.25) is 4.79 Å². The number of rotatable bonds is 7. The first kappa shape index (κ1) is 17.9. The number of oxazole rings is 1. The predicted molar refractivity (Wildman–Crippen MR) is 90.6 cm³/mol. The number of methoxy groups -OCH3 is 1. The molecule has 0 saturated carbocycles. The number of amides is 1. The fourth-order valence-electron chi connectivity index (χ4n) is 2.18. The van der Waals surface area contributed by atoms with E-state index in [0.29, 0.717) is 11.6 Å². The summed E-state index contributed by atoms with van der Waals surface area (Å²) in [5, 5.41) is 4.60. The highest BCUT2D eigenvalue weighted by atomic mass is 32.1. The molecule has 0 aliphatic rings. The van der Waals surface area contributed by atoms with E-state index in [2.05, 4.69) is 15.0 Å². The summed E-state index contributed by atoms with van der Waals surface area (Å²) in [5.74, 6) is -0.0255. The number of nitrogens with zero attached hydrogens (tertiary/aromatic N) is 1. The summed E-state index contributed by atoms with van der Waals surface area (Å²) in [4.78, 5) is 17.4. The lowest BCUT2D eigenvalue weighted by atomic mass is 10.2. The number of thiophene rings is 1. The minimum atomic E-state index is -2.98. The molecule has 3 rings (SSSR count). The van der Waals surface area contributed by atoms with Gasteiger partial charge in [0.2, 0.25) is 5.89 Å². The lowest BCUT2D eigenvalue weighted by Crippen LogP contribution is -2.23. The first-order valence-corrected chi connectivity index (χ1v) is 8.34. The second-order valence-electron chi connectivity index (χ2n) is 5.05. The van der Waals surface area contributed by atoms with Gasteiger partial charge in [0, 0.05) is 5.56 Å². The van der Waals surface area contributed by atoms with E-state index in [4.69, 9.17) is 9.15 Å². The van der Waals surface area contributed by atoms with E-state index >= 15 is 0 Å². The van der Waals surface area contributed by atoms with Crippen molar-refractivity contribution >= 4 is 17.2 Å². The summed E-state index contributed by atoms with van der Waals surface area (Å²) >= 11 is 1.50. The molecule has 0 spiro atoms. The number of halogens is 2. The molecule has 9 heteroatoms. The third-order valence-corrected chi connectivity index (χ3v) is 4.21. The average molecular weight is 380 g/mol. The number of benzene rings is 1. The summed E-state index contributed by atoms with van der Waals surface area (Å²) < 4.78 is 39.4. The number of hydrogen-bond acceptors (Lipinski definition) is 6. The summed E-state index contributed by atoms with van der Waals surface area (Å²) in [6.45, 7) is -2.82. The molecule has 3 aromatic rings. The van der Waals surface area contributed by atoms with Gasteiger partial charge in [0.1, 0.15) is 6.26 Å². The summed E-state index contributed by atoms with van der Waals surface area (Å²) in [6.07, 6.45) is 1.47. The van der Waals surface area contributed by atoms with E-state index < -0.39 is 12.5 Å². The normalized spacial score (nSPS) is 10.8. The fraction of sp³-hybridized carbons (Fsp3) is 0.176. The zero-order chi connectivity index (χ0) is 18.5. The van der Waals surface area contributed by atoms with E-state index in [1.54, 1.807) is 0 Å². The largest absolute Gasteiger partial charge is 0.493 e. The Hall–Kier alpha value is -2.94. The number of carbonyl (C=O) groups is 1. The van der Waals surface area contributed by atoms with Gasteiger partial charge in [-0.2, -0.15) is 8.78 Å². The molecule has 0 atom stereocenters. The van der Waals surface area contributed by atoms with Crippen LogP contribution in [-0.4, -0.2) is 24.6 Å². The zero-order valence-corrected chi connectivity index (χ0v) is 14.4. The fourth-order valence-corrected chi connectivity index (χ4v) is 2.83. The van der Waals surface area contributed by atoms with Crippen LogP contribution in [0.5, 0.6) is 11.5 Å². The Morgan fingerprint density at radius 3 is 2.88 bits per heavy atom. The molecule has 1 N–H and O–H groups in total. The molecule has 2 aromatic heterocycles. The van der Waals surface area contributed by atoms with Crippen LogP contribution in [0.25, 0.3) is 10.8 Å². The van der Waals surface area contributed by atoms with Crippen LogP contribution < -0.4 is 14.8 Å². The number of hydrogen-bond donors (Lipinski definition) is 1. The highest BCUT2D eigenvalue weighted by Crippen LogP contribution is 2.29. The predicted octanol–water partition coefficient (Wildman–Crippen LogP) is 3.94. The van der Waals surface area contributed by atoms with E-state index in [1.165, 1.54) is 42.9 Å². The molecule has 6 nitrogen and oxygen atoms in total. The average Bonchev–Trinajstić information content (AvgIpc) is 3.30. The molecule has 26 heavy (non-hydrogen) atoms.